The Hall–Kier alpha value is -1.97. The Balaban J connectivity index is 2.08. The fourth-order valence-corrected chi connectivity index (χ4v) is 2.61. The molecule has 1 aliphatic heterocycles. The Labute approximate surface area is 127 Å². The van der Waals surface area contributed by atoms with Gasteiger partial charge in [0, 0.05) is 25.9 Å². The normalized spacial score (nSPS) is 20.3. The van der Waals surface area contributed by atoms with Gasteiger partial charge in [-0.2, -0.15) is 0 Å². The second-order valence-electron chi connectivity index (χ2n) is 4.34. The van der Waals surface area contributed by atoms with E-state index in [1.165, 1.54) is 26.0 Å². The molecule has 1 aliphatic rings. The van der Waals surface area contributed by atoms with E-state index in [0.717, 1.165) is 5.56 Å². The van der Waals surface area contributed by atoms with Crippen LogP contribution in [0.2, 0.25) is 0 Å². The molecule has 0 aromatic heterocycles. The molecule has 1 heterocycles. The van der Waals surface area contributed by atoms with Gasteiger partial charge in [-0.05, 0) is 36.2 Å². The van der Waals surface area contributed by atoms with E-state index < -0.39 is 6.10 Å². The predicted octanol–water partition coefficient (Wildman–Crippen LogP) is 1.47. The topological polar surface area (TPSA) is 55.8 Å². The van der Waals surface area contributed by atoms with Gasteiger partial charge in [-0.3, -0.25) is 13.9 Å². The SMILES string of the molecule is CO[C@H]1C(=O)N(SC)[C@H]1C#Cc1ccc(OC(C)=O)cc1. The Morgan fingerprint density at radius 2 is 2.00 bits per heavy atom. The monoisotopic (exact) mass is 305 g/mol. The van der Waals surface area contributed by atoms with Crippen LogP contribution < -0.4 is 4.74 Å². The van der Waals surface area contributed by atoms with Gasteiger partial charge in [-0.1, -0.05) is 11.8 Å². The van der Waals surface area contributed by atoms with E-state index in [0.29, 0.717) is 5.75 Å². The molecule has 1 saturated heterocycles. The Bertz CT molecular complexity index is 588. The van der Waals surface area contributed by atoms with Crippen molar-refractivity contribution in [2.24, 2.45) is 0 Å². The molecule has 2 rings (SSSR count). The molecule has 0 aliphatic carbocycles. The molecule has 21 heavy (non-hydrogen) atoms. The maximum atomic E-state index is 11.7. The lowest BCUT2D eigenvalue weighted by Gasteiger charge is -2.41. The van der Waals surface area contributed by atoms with E-state index in [-0.39, 0.29) is 17.9 Å². The van der Waals surface area contributed by atoms with Crippen molar-refractivity contribution in [3.8, 4) is 17.6 Å². The van der Waals surface area contributed by atoms with Crippen molar-refractivity contribution in [2.45, 2.75) is 19.1 Å². The van der Waals surface area contributed by atoms with Crippen LogP contribution in [-0.4, -0.2) is 41.7 Å². The molecule has 1 aromatic carbocycles. The Morgan fingerprint density at radius 3 is 2.52 bits per heavy atom. The minimum Gasteiger partial charge on any atom is -0.427 e. The van der Waals surface area contributed by atoms with Crippen LogP contribution in [0, 0.1) is 11.8 Å². The highest BCUT2D eigenvalue weighted by atomic mass is 32.2. The van der Waals surface area contributed by atoms with E-state index >= 15 is 0 Å². The lowest BCUT2D eigenvalue weighted by Crippen LogP contribution is -2.61. The lowest BCUT2D eigenvalue weighted by atomic mass is 10.0. The highest BCUT2D eigenvalue weighted by Crippen LogP contribution is 2.28. The first-order valence-electron chi connectivity index (χ1n) is 6.27. The van der Waals surface area contributed by atoms with Gasteiger partial charge in [-0.25, -0.2) is 0 Å². The summed E-state index contributed by atoms with van der Waals surface area (Å²) in [4.78, 5) is 22.5. The van der Waals surface area contributed by atoms with E-state index in [1.807, 2.05) is 6.26 Å². The lowest BCUT2D eigenvalue weighted by molar-refractivity contribution is -0.153. The van der Waals surface area contributed by atoms with Crippen molar-refractivity contribution in [2.75, 3.05) is 13.4 Å². The van der Waals surface area contributed by atoms with Crippen molar-refractivity contribution >= 4 is 23.8 Å². The average molecular weight is 305 g/mol. The third-order valence-corrected chi connectivity index (χ3v) is 3.73. The summed E-state index contributed by atoms with van der Waals surface area (Å²) in [5, 5.41) is 0. The molecule has 0 radical (unpaired) electrons. The van der Waals surface area contributed by atoms with Crippen LogP contribution in [0.1, 0.15) is 12.5 Å². The summed E-state index contributed by atoms with van der Waals surface area (Å²) < 4.78 is 11.7. The van der Waals surface area contributed by atoms with Gasteiger partial charge in [0.25, 0.3) is 5.91 Å². The number of carbonyl (C=O) groups excluding carboxylic acids is 2. The van der Waals surface area contributed by atoms with E-state index in [1.54, 1.807) is 28.6 Å². The highest BCUT2D eigenvalue weighted by molar-refractivity contribution is 7.96. The van der Waals surface area contributed by atoms with Crippen LogP contribution in [0.15, 0.2) is 24.3 Å². The quantitative estimate of drug-likeness (QED) is 0.278. The molecule has 1 amide bonds. The summed E-state index contributed by atoms with van der Waals surface area (Å²) in [5.41, 5.74) is 0.779. The molecule has 110 valence electrons. The van der Waals surface area contributed by atoms with Gasteiger partial charge in [-0.15, -0.1) is 0 Å². The first-order chi connectivity index (χ1) is 10.1. The third kappa shape index (κ3) is 3.38. The fourth-order valence-electron chi connectivity index (χ4n) is 1.94. The summed E-state index contributed by atoms with van der Waals surface area (Å²) in [6.45, 7) is 1.35. The number of hydrogen-bond donors (Lipinski definition) is 0. The summed E-state index contributed by atoms with van der Waals surface area (Å²) in [6.07, 6.45) is 1.33. The zero-order valence-corrected chi connectivity index (χ0v) is 12.8. The zero-order valence-electron chi connectivity index (χ0n) is 12.0. The van der Waals surface area contributed by atoms with Crippen LogP contribution in [-0.2, 0) is 14.3 Å². The average Bonchev–Trinajstić information content (AvgIpc) is 2.45. The van der Waals surface area contributed by atoms with Crippen LogP contribution in [0.3, 0.4) is 0 Å². The Kier molecular flexibility index (Phi) is 4.89. The molecule has 6 heteroatoms. The van der Waals surface area contributed by atoms with Gasteiger partial charge < -0.3 is 9.47 Å². The second-order valence-corrected chi connectivity index (χ2v) is 5.09. The van der Waals surface area contributed by atoms with Crippen LogP contribution >= 0.6 is 11.9 Å². The third-order valence-electron chi connectivity index (χ3n) is 2.93. The maximum Gasteiger partial charge on any atom is 0.308 e. The highest BCUT2D eigenvalue weighted by Gasteiger charge is 2.47. The number of ether oxygens (including phenoxy) is 2. The summed E-state index contributed by atoms with van der Waals surface area (Å²) >= 11 is 1.34. The van der Waals surface area contributed by atoms with Crippen molar-refractivity contribution < 1.29 is 19.1 Å². The predicted molar refractivity (Wildman–Crippen MR) is 79.6 cm³/mol. The molecular weight excluding hydrogens is 290 g/mol. The number of benzene rings is 1. The zero-order chi connectivity index (χ0) is 15.4. The molecule has 1 aromatic rings. The van der Waals surface area contributed by atoms with Gasteiger partial charge in [0.2, 0.25) is 0 Å². The van der Waals surface area contributed by atoms with E-state index in [2.05, 4.69) is 11.8 Å². The van der Waals surface area contributed by atoms with Gasteiger partial charge in [0.1, 0.15) is 11.8 Å². The number of esters is 1. The van der Waals surface area contributed by atoms with E-state index in [9.17, 15) is 9.59 Å². The minimum absolute atomic E-state index is 0.0606. The van der Waals surface area contributed by atoms with Gasteiger partial charge in [0.05, 0.1) is 0 Å². The van der Waals surface area contributed by atoms with Crippen molar-refractivity contribution in [3.05, 3.63) is 29.8 Å². The fraction of sp³-hybridized carbons (Fsp3) is 0.333. The molecule has 0 spiro atoms. The maximum absolute atomic E-state index is 11.7. The first kappa shape index (κ1) is 15.4. The van der Waals surface area contributed by atoms with Gasteiger partial charge >= 0.3 is 5.97 Å². The smallest absolute Gasteiger partial charge is 0.308 e. The molecule has 5 nitrogen and oxygen atoms in total. The number of amides is 1. The van der Waals surface area contributed by atoms with Crippen molar-refractivity contribution in [1.29, 1.82) is 0 Å². The minimum atomic E-state index is -0.495. The summed E-state index contributed by atoms with van der Waals surface area (Å²) in [6, 6.07) is 6.63. The first-order valence-corrected chi connectivity index (χ1v) is 7.45. The Morgan fingerprint density at radius 1 is 1.33 bits per heavy atom. The van der Waals surface area contributed by atoms with Gasteiger partial charge in [0.15, 0.2) is 6.10 Å². The number of nitrogens with zero attached hydrogens (tertiary/aromatic N) is 1. The van der Waals surface area contributed by atoms with E-state index in [4.69, 9.17) is 9.47 Å². The molecular formula is C15H15NO4S. The van der Waals surface area contributed by atoms with Crippen LogP contribution in [0.4, 0.5) is 0 Å². The number of methoxy groups -OCH3 is 1. The second kappa shape index (κ2) is 6.66. The number of β-lactam (4-membered cyclic amide) rings is 1. The van der Waals surface area contributed by atoms with Crippen LogP contribution in [0.25, 0.3) is 0 Å². The largest absolute Gasteiger partial charge is 0.427 e. The standard InChI is InChI=1S/C15H15NO4S/c1-10(17)20-12-7-4-11(5-8-12)6-9-13-14(19-2)15(18)16(13)21-3/h4-5,7-8,13-14H,1-3H3/t13-,14+/m0/s1. The number of carbonyl (C=O) groups is 2. The molecule has 0 unspecified atom stereocenters. The molecule has 2 atom stereocenters. The summed E-state index contributed by atoms with van der Waals surface area (Å²) in [5.74, 6) is 6.09. The van der Waals surface area contributed by atoms with Crippen molar-refractivity contribution in [3.63, 3.8) is 0 Å². The summed E-state index contributed by atoms with van der Waals surface area (Å²) in [7, 11) is 1.50. The molecule has 1 fully saturated rings. The molecule has 0 N–H and O–H groups in total. The van der Waals surface area contributed by atoms with Crippen molar-refractivity contribution in [1.82, 2.24) is 4.31 Å². The number of hydrogen-bond acceptors (Lipinski definition) is 5. The molecule has 0 saturated carbocycles. The molecule has 0 bridgehead atoms. The number of rotatable bonds is 3. The van der Waals surface area contributed by atoms with Crippen LogP contribution in [0.5, 0.6) is 5.75 Å².